The SMILES string of the molecule is COc1ccc([C@@H]2CC[C@](N)(CO)C2)cc1.COc1ccc([C@@H]2CC[C@]3(COC(=O)N3)C2)cc1.O=CO[O-].[H-].[K+].[K+]. The van der Waals surface area contributed by atoms with Gasteiger partial charge in [-0.25, -0.2) is 4.79 Å². The van der Waals surface area contributed by atoms with Crippen LogP contribution in [-0.2, 0) is 14.4 Å². The summed E-state index contributed by atoms with van der Waals surface area (Å²) in [5, 5.41) is 20.6. The number of carbonyl (C=O) groups is 2. The minimum atomic E-state index is -0.370. The average Bonchev–Trinajstić information content (AvgIpc) is 3.68. The van der Waals surface area contributed by atoms with E-state index in [1.807, 2.05) is 24.3 Å². The van der Waals surface area contributed by atoms with Crippen molar-refractivity contribution in [3.63, 3.8) is 0 Å². The van der Waals surface area contributed by atoms with Crippen molar-refractivity contribution in [1.29, 1.82) is 0 Å². The number of alkyl carbamates (subject to hydrolysis) is 1. The van der Waals surface area contributed by atoms with Crippen LogP contribution in [0.15, 0.2) is 48.5 Å². The first-order valence-corrected chi connectivity index (χ1v) is 12.6. The molecule has 0 unspecified atom stereocenters. The van der Waals surface area contributed by atoms with E-state index in [0.717, 1.165) is 50.0 Å². The second-order valence-electron chi connectivity index (χ2n) is 10.1. The normalized spacial score (nSPS) is 25.9. The first-order chi connectivity index (χ1) is 18.3. The van der Waals surface area contributed by atoms with Crippen LogP contribution < -0.4 is 129 Å². The number of nitrogens with two attached hydrogens (primary N) is 1. The molecule has 2 saturated carbocycles. The zero-order valence-electron chi connectivity index (χ0n) is 24.9. The Balaban J connectivity index is 0.000000652. The first-order valence-electron chi connectivity index (χ1n) is 12.6. The van der Waals surface area contributed by atoms with Crippen LogP contribution in [0.25, 0.3) is 0 Å². The van der Waals surface area contributed by atoms with E-state index in [2.05, 4.69) is 34.5 Å². The summed E-state index contributed by atoms with van der Waals surface area (Å²) in [7, 11) is 3.34. The molecule has 1 heterocycles. The van der Waals surface area contributed by atoms with E-state index < -0.39 is 0 Å². The zero-order valence-corrected chi connectivity index (χ0v) is 30.1. The molecule has 1 aliphatic heterocycles. The van der Waals surface area contributed by atoms with Gasteiger partial charge < -0.3 is 41.9 Å². The van der Waals surface area contributed by atoms with Crippen molar-refractivity contribution in [2.45, 2.75) is 61.4 Å². The van der Waals surface area contributed by atoms with Crippen molar-refractivity contribution in [2.24, 2.45) is 5.73 Å². The number of benzene rings is 2. The molecule has 3 aliphatic rings. The number of hydrogen-bond acceptors (Lipinski definition) is 9. The summed E-state index contributed by atoms with van der Waals surface area (Å²) in [5.74, 6) is 2.73. The van der Waals surface area contributed by atoms with E-state index in [0.29, 0.717) is 18.4 Å². The molecular weight excluding hydrogens is 571 g/mol. The van der Waals surface area contributed by atoms with Crippen LogP contribution in [0.2, 0.25) is 0 Å². The van der Waals surface area contributed by atoms with Gasteiger partial charge in [-0.1, -0.05) is 24.3 Å². The molecule has 0 bridgehead atoms. The number of aliphatic hydroxyl groups excluding tert-OH is 1. The summed E-state index contributed by atoms with van der Waals surface area (Å²) in [6.45, 7) is 0.415. The van der Waals surface area contributed by atoms with Crippen LogP contribution in [0.1, 0.15) is 62.9 Å². The van der Waals surface area contributed by atoms with E-state index >= 15 is 0 Å². The second kappa shape index (κ2) is 18.6. The van der Waals surface area contributed by atoms with Gasteiger partial charge in [-0.2, -0.15) is 0 Å². The monoisotopic (exact) mass is 608 g/mol. The third-order valence-corrected chi connectivity index (χ3v) is 7.63. The van der Waals surface area contributed by atoms with Gasteiger partial charge >= 0.3 is 109 Å². The van der Waals surface area contributed by atoms with Gasteiger partial charge in [-0.15, -0.1) is 0 Å². The molecule has 3 fully saturated rings. The van der Waals surface area contributed by atoms with E-state index in [1.165, 1.54) is 11.1 Å². The molecule has 4 atom stereocenters. The van der Waals surface area contributed by atoms with E-state index in [4.69, 9.17) is 30.0 Å². The van der Waals surface area contributed by atoms with Gasteiger partial charge in [0, 0.05) is 5.54 Å². The first kappa shape index (κ1) is 38.0. The van der Waals surface area contributed by atoms with Crippen LogP contribution >= 0.6 is 0 Å². The fourth-order valence-electron chi connectivity index (χ4n) is 5.48. The van der Waals surface area contributed by atoms with E-state index in [1.54, 1.807) is 14.2 Å². The quantitative estimate of drug-likeness (QED) is 0.132. The van der Waals surface area contributed by atoms with Crippen molar-refractivity contribution in [3.05, 3.63) is 59.7 Å². The van der Waals surface area contributed by atoms with Gasteiger partial charge in [0.2, 0.25) is 0 Å². The van der Waals surface area contributed by atoms with Gasteiger partial charge in [-0.3, -0.25) is 4.79 Å². The summed E-state index contributed by atoms with van der Waals surface area (Å²) < 4.78 is 15.3. The Kier molecular flexibility index (Phi) is 17.6. The summed E-state index contributed by atoms with van der Waals surface area (Å²) in [5.41, 5.74) is 8.18. The summed E-state index contributed by atoms with van der Waals surface area (Å²) in [6, 6.07) is 16.3. The van der Waals surface area contributed by atoms with Gasteiger partial charge in [-0.05, 0) is 85.8 Å². The number of nitrogens with one attached hydrogen (secondary N) is 1. The van der Waals surface area contributed by atoms with Crippen LogP contribution in [0, 0.1) is 0 Å². The smallest absolute Gasteiger partial charge is 1.00 e. The Bertz CT molecular complexity index is 1050. The Morgan fingerprint density at radius 2 is 1.48 bits per heavy atom. The van der Waals surface area contributed by atoms with Crippen LogP contribution in [0.4, 0.5) is 4.79 Å². The minimum absolute atomic E-state index is 0. The van der Waals surface area contributed by atoms with E-state index in [9.17, 15) is 9.90 Å². The molecule has 1 amide bonds. The zero-order chi connectivity index (χ0) is 27.6. The topological polar surface area (TPSA) is 152 Å². The van der Waals surface area contributed by atoms with Crippen molar-refractivity contribution >= 4 is 12.6 Å². The van der Waals surface area contributed by atoms with Crippen molar-refractivity contribution in [1.82, 2.24) is 5.32 Å². The standard InChI is InChI=1S/C14H17NO3.C13H19NO2.CH2O3.2K.H/c1-17-12-4-2-10(3-5-12)11-6-7-14(8-11)9-18-13(16)15-14;1-16-12-4-2-10(3-5-12)11-6-7-13(14,8-11)9-15;2-1-4-3;;;/h2-5,11H,6-9H2,1H3,(H,15,16);2-5,11,15H,6-9,14H2,1H3;1,3H;;;/q;;;2*+1;-1/p-1/t11-,14-;11-,13-;;;;/m11..../s1. The molecule has 0 aromatic heterocycles. The number of methoxy groups -OCH3 is 2. The third-order valence-electron chi connectivity index (χ3n) is 7.63. The maximum Gasteiger partial charge on any atom is 1.00 e. The van der Waals surface area contributed by atoms with Crippen molar-refractivity contribution in [3.8, 4) is 11.5 Å². The van der Waals surface area contributed by atoms with Crippen LogP contribution in [0.5, 0.6) is 11.5 Å². The van der Waals surface area contributed by atoms with Gasteiger partial charge in [0.1, 0.15) is 18.1 Å². The number of ether oxygens (including phenoxy) is 3. The number of aliphatic hydroxyl groups is 1. The Morgan fingerprint density at radius 3 is 1.85 bits per heavy atom. The number of hydrogen-bond donors (Lipinski definition) is 3. The molecule has 4 N–H and O–H groups in total. The summed E-state index contributed by atoms with van der Waals surface area (Å²) in [6.07, 6.45) is 5.61. The molecule has 5 rings (SSSR count). The molecule has 2 aromatic rings. The maximum absolute atomic E-state index is 11.2. The molecule has 0 radical (unpaired) electrons. The fraction of sp³-hybridized carbons (Fsp3) is 0.500. The Hall–Kier alpha value is -0.0673. The number of rotatable bonds is 6. The predicted octanol–water partition coefficient (Wildman–Crippen LogP) is -3.35. The molecule has 10 nitrogen and oxygen atoms in total. The third kappa shape index (κ3) is 10.9. The molecule has 210 valence electrons. The molecular formula is C28H38K2N2O8. The predicted molar refractivity (Wildman–Crippen MR) is 139 cm³/mol. The van der Waals surface area contributed by atoms with Crippen LogP contribution in [-0.4, -0.2) is 56.2 Å². The second-order valence-corrected chi connectivity index (χ2v) is 10.1. The summed E-state index contributed by atoms with van der Waals surface area (Å²) >= 11 is 0. The number of amides is 1. The minimum Gasteiger partial charge on any atom is -1.00 e. The maximum atomic E-state index is 11.2. The Labute approximate surface area is 322 Å². The molecule has 40 heavy (non-hydrogen) atoms. The van der Waals surface area contributed by atoms with E-state index in [-0.39, 0.29) is 134 Å². The largest absolute Gasteiger partial charge is 1.00 e. The van der Waals surface area contributed by atoms with Gasteiger partial charge in [0.05, 0.1) is 26.4 Å². The summed E-state index contributed by atoms with van der Waals surface area (Å²) in [4.78, 5) is 22.4. The van der Waals surface area contributed by atoms with Gasteiger partial charge in [0.25, 0.3) is 6.47 Å². The average molecular weight is 609 g/mol. The molecule has 2 aliphatic carbocycles. The Morgan fingerprint density at radius 1 is 1.00 bits per heavy atom. The molecule has 12 heteroatoms. The van der Waals surface area contributed by atoms with Crippen molar-refractivity contribution in [2.75, 3.05) is 27.4 Å². The van der Waals surface area contributed by atoms with Crippen molar-refractivity contribution < 1.29 is 143 Å². The molecule has 1 spiro atoms. The number of cyclic esters (lactones) is 1. The molecule has 1 saturated heterocycles. The number of carbonyl (C=O) groups excluding carboxylic acids is 2. The van der Waals surface area contributed by atoms with Crippen LogP contribution in [0.3, 0.4) is 0 Å². The molecule has 2 aromatic carbocycles. The van der Waals surface area contributed by atoms with Gasteiger partial charge in [0.15, 0.2) is 0 Å². The fourth-order valence-corrected chi connectivity index (χ4v) is 5.48.